The molecule has 2 fully saturated rings. The molecule has 0 aromatic rings. The van der Waals surface area contributed by atoms with Crippen molar-refractivity contribution in [3.8, 4) is 0 Å². The molecule has 0 saturated heterocycles. The van der Waals surface area contributed by atoms with Gasteiger partial charge in [-0.15, -0.1) is 0 Å². The molecule has 0 radical (unpaired) electrons. The molecule has 2 aliphatic rings. The SMILES string of the molecule is CC(C)(C)C(N)C(=O)OC1CC2CCC1(C)C2(C)C. The van der Waals surface area contributed by atoms with Gasteiger partial charge < -0.3 is 10.5 Å². The van der Waals surface area contributed by atoms with E-state index in [-0.39, 0.29) is 28.3 Å². The quantitative estimate of drug-likeness (QED) is 0.782. The molecule has 0 heterocycles. The third kappa shape index (κ3) is 2.10. The summed E-state index contributed by atoms with van der Waals surface area (Å²) in [5.41, 5.74) is 6.15. The summed E-state index contributed by atoms with van der Waals surface area (Å²) >= 11 is 0. The molecule has 0 spiro atoms. The smallest absolute Gasteiger partial charge is 0.323 e. The number of carbonyl (C=O) groups is 1. The second-order valence-electron chi connectivity index (χ2n) is 8.38. The Balaban J connectivity index is 2.09. The lowest BCUT2D eigenvalue weighted by atomic mass is 9.70. The molecule has 4 unspecified atom stereocenters. The Bertz CT molecular complexity index is 383. The number of hydrogen-bond acceptors (Lipinski definition) is 3. The predicted molar refractivity (Wildman–Crippen MR) is 76.5 cm³/mol. The first kappa shape index (κ1) is 14.8. The Morgan fingerprint density at radius 2 is 1.89 bits per heavy atom. The van der Waals surface area contributed by atoms with Crippen molar-refractivity contribution in [3.05, 3.63) is 0 Å². The summed E-state index contributed by atoms with van der Waals surface area (Å²) in [7, 11) is 0. The molecular weight excluding hydrogens is 238 g/mol. The maximum Gasteiger partial charge on any atom is 0.323 e. The molecule has 3 nitrogen and oxygen atoms in total. The Morgan fingerprint density at radius 1 is 1.32 bits per heavy atom. The number of esters is 1. The number of carbonyl (C=O) groups excluding carboxylic acids is 1. The highest BCUT2D eigenvalue weighted by molar-refractivity contribution is 5.76. The molecule has 0 aromatic carbocycles. The maximum absolute atomic E-state index is 12.2. The van der Waals surface area contributed by atoms with Crippen molar-refractivity contribution >= 4 is 5.97 Å². The molecule has 4 atom stereocenters. The Labute approximate surface area is 117 Å². The highest BCUT2D eigenvalue weighted by atomic mass is 16.5. The van der Waals surface area contributed by atoms with Gasteiger partial charge in [0.15, 0.2) is 0 Å². The zero-order valence-electron chi connectivity index (χ0n) is 13.2. The van der Waals surface area contributed by atoms with Crippen molar-refractivity contribution in [2.75, 3.05) is 0 Å². The average Bonchev–Trinajstić information content (AvgIpc) is 2.59. The van der Waals surface area contributed by atoms with E-state index in [0.717, 1.165) is 12.8 Å². The monoisotopic (exact) mass is 267 g/mol. The molecule has 3 heteroatoms. The van der Waals surface area contributed by atoms with Crippen molar-refractivity contribution < 1.29 is 9.53 Å². The minimum absolute atomic E-state index is 0.0437. The van der Waals surface area contributed by atoms with Gasteiger partial charge in [-0.1, -0.05) is 41.5 Å². The number of hydrogen-bond donors (Lipinski definition) is 1. The van der Waals surface area contributed by atoms with Gasteiger partial charge in [0, 0.05) is 5.41 Å². The van der Waals surface area contributed by atoms with Crippen LogP contribution < -0.4 is 5.73 Å². The predicted octanol–water partition coefficient (Wildman–Crippen LogP) is 3.12. The summed E-state index contributed by atoms with van der Waals surface area (Å²) in [6.45, 7) is 12.9. The van der Waals surface area contributed by atoms with E-state index in [1.807, 2.05) is 20.8 Å². The van der Waals surface area contributed by atoms with E-state index in [9.17, 15) is 4.79 Å². The molecular formula is C16H29NO2. The van der Waals surface area contributed by atoms with Gasteiger partial charge in [0.25, 0.3) is 0 Å². The van der Waals surface area contributed by atoms with Gasteiger partial charge in [0.05, 0.1) is 0 Å². The molecule has 2 bridgehead atoms. The second-order valence-corrected chi connectivity index (χ2v) is 8.38. The van der Waals surface area contributed by atoms with E-state index in [4.69, 9.17) is 10.5 Å². The van der Waals surface area contributed by atoms with E-state index in [2.05, 4.69) is 20.8 Å². The van der Waals surface area contributed by atoms with Crippen LogP contribution in [-0.4, -0.2) is 18.1 Å². The summed E-state index contributed by atoms with van der Waals surface area (Å²) < 4.78 is 5.81. The van der Waals surface area contributed by atoms with Gasteiger partial charge >= 0.3 is 5.97 Å². The van der Waals surface area contributed by atoms with Crippen LogP contribution >= 0.6 is 0 Å². The number of ether oxygens (including phenoxy) is 1. The van der Waals surface area contributed by atoms with Gasteiger partial charge in [0.1, 0.15) is 12.1 Å². The van der Waals surface area contributed by atoms with Crippen LogP contribution in [0.2, 0.25) is 0 Å². The zero-order valence-corrected chi connectivity index (χ0v) is 13.2. The Hall–Kier alpha value is -0.570. The van der Waals surface area contributed by atoms with Gasteiger partial charge in [-0.25, -0.2) is 0 Å². The van der Waals surface area contributed by atoms with Crippen LogP contribution in [-0.2, 0) is 9.53 Å². The maximum atomic E-state index is 12.2. The summed E-state index contributed by atoms with van der Waals surface area (Å²) in [5.74, 6) is 0.447. The third-order valence-corrected chi connectivity index (χ3v) is 6.16. The molecule has 110 valence electrons. The van der Waals surface area contributed by atoms with E-state index < -0.39 is 6.04 Å². The van der Waals surface area contributed by atoms with Crippen LogP contribution in [0.4, 0.5) is 0 Å². The molecule has 2 N–H and O–H groups in total. The lowest BCUT2D eigenvalue weighted by Crippen LogP contribution is -2.47. The average molecular weight is 267 g/mol. The van der Waals surface area contributed by atoms with Gasteiger partial charge in [-0.2, -0.15) is 0 Å². The number of nitrogens with two attached hydrogens (primary N) is 1. The number of fused-ring (bicyclic) bond motifs is 2. The first-order valence-electron chi connectivity index (χ1n) is 7.46. The van der Waals surface area contributed by atoms with Crippen LogP contribution in [0.3, 0.4) is 0 Å². The van der Waals surface area contributed by atoms with Crippen LogP contribution in [0.15, 0.2) is 0 Å². The number of rotatable bonds is 2. The highest BCUT2D eigenvalue weighted by Crippen LogP contribution is 2.66. The highest BCUT2D eigenvalue weighted by Gasteiger charge is 2.63. The molecule has 2 rings (SSSR count). The Morgan fingerprint density at radius 3 is 2.26 bits per heavy atom. The van der Waals surface area contributed by atoms with Crippen LogP contribution in [0, 0.1) is 22.2 Å². The fraction of sp³-hybridized carbons (Fsp3) is 0.938. The van der Waals surface area contributed by atoms with Crippen molar-refractivity contribution in [2.24, 2.45) is 27.9 Å². The van der Waals surface area contributed by atoms with Gasteiger partial charge in [0.2, 0.25) is 0 Å². The van der Waals surface area contributed by atoms with Crippen molar-refractivity contribution in [2.45, 2.75) is 73.0 Å². The second kappa shape index (κ2) is 4.21. The fourth-order valence-electron chi connectivity index (χ4n) is 3.88. The first-order valence-corrected chi connectivity index (χ1v) is 7.46. The molecule has 19 heavy (non-hydrogen) atoms. The lowest BCUT2D eigenvalue weighted by molar-refractivity contribution is -0.161. The van der Waals surface area contributed by atoms with E-state index in [0.29, 0.717) is 5.92 Å². The zero-order chi connectivity index (χ0) is 14.6. The van der Waals surface area contributed by atoms with Crippen molar-refractivity contribution in [3.63, 3.8) is 0 Å². The summed E-state index contributed by atoms with van der Waals surface area (Å²) in [6.07, 6.45) is 3.48. The fourth-order valence-corrected chi connectivity index (χ4v) is 3.88. The van der Waals surface area contributed by atoms with Crippen LogP contribution in [0.25, 0.3) is 0 Å². The molecule has 0 aliphatic heterocycles. The van der Waals surface area contributed by atoms with Crippen LogP contribution in [0.1, 0.15) is 60.8 Å². The van der Waals surface area contributed by atoms with Crippen molar-refractivity contribution in [1.82, 2.24) is 0 Å². The van der Waals surface area contributed by atoms with E-state index in [1.165, 1.54) is 6.42 Å². The topological polar surface area (TPSA) is 52.3 Å². The van der Waals surface area contributed by atoms with Crippen molar-refractivity contribution in [1.29, 1.82) is 0 Å². The van der Waals surface area contributed by atoms with Crippen LogP contribution in [0.5, 0.6) is 0 Å². The minimum atomic E-state index is -0.543. The summed E-state index contributed by atoms with van der Waals surface area (Å²) in [4.78, 5) is 12.2. The van der Waals surface area contributed by atoms with Gasteiger partial charge in [-0.3, -0.25) is 4.79 Å². The first-order chi connectivity index (χ1) is 8.50. The normalized spacial score (nSPS) is 38.3. The third-order valence-electron chi connectivity index (χ3n) is 6.16. The molecule has 0 aromatic heterocycles. The molecule has 2 saturated carbocycles. The standard InChI is InChI=1S/C16H29NO2/c1-14(2,3)12(17)13(18)19-11-9-10-7-8-16(11,6)15(10,4)5/h10-12H,7-9,17H2,1-6H3. The lowest BCUT2D eigenvalue weighted by Gasteiger charge is -2.39. The molecule has 2 aliphatic carbocycles. The Kier molecular flexibility index (Phi) is 3.29. The molecule has 0 amide bonds. The summed E-state index contributed by atoms with van der Waals surface area (Å²) in [5, 5.41) is 0. The van der Waals surface area contributed by atoms with E-state index >= 15 is 0 Å². The van der Waals surface area contributed by atoms with E-state index in [1.54, 1.807) is 0 Å². The minimum Gasteiger partial charge on any atom is -0.461 e. The van der Waals surface area contributed by atoms with Gasteiger partial charge in [-0.05, 0) is 36.0 Å². The summed E-state index contributed by atoms with van der Waals surface area (Å²) in [6, 6.07) is -0.543. The largest absolute Gasteiger partial charge is 0.461 e.